The number of benzene rings is 1. The highest BCUT2D eigenvalue weighted by atomic mass is 16.5. The molecule has 0 saturated carbocycles. The molecule has 2 aromatic rings. The number of carbonyl (C=O) groups is 1. The lowest BCUT2D eigenvalue weighted by Crippen LogP contribution is -2.37. The molecule has 1 atom stereocenters. The quantitative estimate of drug-likeness (QED) is 0.933. The molecule has 0 bridgehead atoms. The zero-order valence-electron chi connectivity index (χ0n) is 13.0. The van der Waals surface area contributed by atoms with Gasteiger partial charge in [0.2, 0.25) is 0 Å². The van der Waals surface area contributed by atoms with Gasteiger partial charge in [-0.15, -0.1) is 10.2 Å². The molecule has 0 spiro atoms. The van der Waals surface area contributed by atoms with Gasteiger partial charge in [-0.3, -0.25) is 4.90 Å². The molecular weight excluding hydrogens is 294 g/mol. The predicted octanol–water partition coefficient (Wildman–Crippen LogP) is 2.24. The first-order valence-electron chi connectivity index (χ1n) is 7.64. The molecular formula is C17H19N3O3. The molecule has 0 aliphatic carbocycles. The Morgan fingerprint density at radius 2 is 1.83 bits per heavy atom. The van der Waals surface area contributed by atoms with Crippen molar-refractivity contribution in [3.8, 4) is 11.3 Å². The Balaban J connectivity index is 1.74. The number of aromatic nitrogens is 2. The number of hydrogen-bond donors (Lipinski definition) is 1. The minimum absolute atomic E-state index is 0.0497. The van der Waals surface area contributed by atoms with Crippen molar-refractivity contribution in [3.63, 3.8) is 0 Å². The molecule has 0 radical (unpaired) electrons. The number of hydrogen-bond acceptors (Lipinski definition) is 5. The summed E-state index contributed by atoms with van der Waals surface area (Å²) in [6, 6.07) is 11.7. The van der Waals surface area contributed by atoms with Crippen molar-refractivity contribution in [3.05, 3.63) is 47.7 Å². The third-order valence-electron chi connectivity index (χ3n) is 4.17. The Hall–Kier alpha value is -2.31. The van der Waals surface area contributed by atoms with Gasteiger partial charge in [-0.2, -0.15) is 0 Å². The molecule has 0 amide bonds. The first-order valence-corrected chi connectivity index (χ1v) is 7.64. The van der Waals surface area contributed by atoms with E-state index in [0.717, 1.165) is 31.9 Å². The molecule has 1 N–H and O–H groups in total. The highest BCUT2D eigenvalue weighted by Gasteiger charge is 2.18. The summed E-state index contributed by atoms with van der Waals surface area (Å²) in [5.74, 6) is -1.07. The van der Waals surface area contributed by atoms with Crippen molar-refractivity contribution in [2.24, 2.45) is 0 Å². The van der Waals surface area contributed by atoms with Crippen LogP contribution in [0.5, 0.6) is 0 Å². The van der Waals surface area contributed by atoms with Crippen LogP contribution >= 0.6 is 0 Å². The fourth-order valence-electron chi connectivity index (χ4n) is 2.71. The van der Waals surface area contributed by atoms with E-state index in [4.69, 9.17) is 9.84 Å². The minimum Gasteiger partial charge on any atom is -0.476 e. The zero-order valence-corrected chi connectivity index (χ0v) is 13.0. The normalized spacial score (nSPS) is 16.9. The van der Waals surface area contributed by atoms with Gasteiger partial charge in [-0.1, -0.05) is 24.3 Å². The van der Waals surface area contributed by atoms with E-state index >= 15 is 0 Å². The van der Waals surface area contributed by atoms with Crippen LogP contribution in [0, 0.1) is 0 Å². The van der Waals surface area contributed by atoms with Crippen molar-refractivity contribution >= 4 is 5.97 Å². The molecule has 0 unspecified atom stereocenters. The highest BCUT2D eigenvalue weighted by molar-refractivity contribution is 5.85. The van der Waals surface area contributed by atoms with Crippen molar-refractivity contribution in [1.82, 2.24) is 15.1 Å². The van der Waals surface area contributed by atoms with Crippen molar-refractivity contribution in [2.45, 2.75) is 13.0 Å². The van der Waals surface area contributed by atoms with E-state index in [2.05, 4.69) is 34.2 Å². The van der Waals surface area contributed by atoms with Gasteiger partial charge in [0.05, 0.1) is 18.9 Å². The maximum absolute atomic E-state index is 10.8. The fourth-order valence-corrected chi connectivity index (χ4v) is 2.71. The molecule has 1 aromatic carbocycles. The number of nitrogens with zero attached hydrogens (tertiary/aromatic N) is 3. The fraction of sp³-hybridized carbons (Fsp3) is 0.353. The van der Waals surface area contributed by atoms with E-state index in [0.29, 0.717) is 11.7 Å². The monoisotopic (exact) mass is 313 g/mol. The van der Waals surface area contributed by atoms with Gasteiger partial charge in [-0.05, 0) is 24.6 Å². The van der Waals surface area contributed by atoms with Crippen molar-refractivity contribution in [2.75, 3.05) is 26.3 Å². The maximum atomic E-state index is 10.8. The largest absolute Gasteiger partial charge is 0.476 e. The molecule has 1 saturated heterocycles. The Labute approximate surface area is 134 Å². The molecule has 1 aliphatic heterocycles. The number of aromatic carboxylic acids is 1. The van der Waals surface area contributed by atoms with Crippen molar-refractivity contribution in [1.29, 1.82) is 0 Å². The second kappa shape index (κ2) is 6.85. The lowest BCUT2D eigenvalue weighted by atomic mass is 10.0. The van der Waals surface area contributed by atoms with Crippen LogP contribution in [0.4, 0.5) is 0 Å². The Morgan fingerprint density at radius 1 is 1.13 bits per heavy atom. The van der Waals surface area contributed by atoms with Gasteiger partial charge in [0, 0.05) is 24.7 Å². The SMILES string of the molecule is C[C@H](c1ccc(-c2ccc(C(=O)O)nn2)cc1)N1CCOCC1. The molecule has 6 heteroatoms. The van der Waals surface area contributed by atoms with Crippen LogP contribution in [0.1, 0.15) is 29.0 Å². The summed E-state index contributed by atoms with van der Waals surface area (Å²) in [5.41, 5.74) is 2.78. The van der Waals surface area contributed by atoms with Crippen molar-refractivity contribution < 1.29 is 14.6 Å². The van der Waals surface area contributed by atoms with Gasteiger partial charge >= 0.3 is 5.97 Å². The number of morpholine rings is 1. The van der Waals surface area contributed by atoms with Crippen LogP contribution in [0.2, 0.25) is 0 Å². The topological polar surface area (TPSA) is 75.5 Å². The summed E-state index contributed by atoms with van der Waals surface area (Å²) < 4.78 is 5.39. The smallest absolute Gasteiger partial charge is 0.356 e. The average Bonchev–Trinajstić information content (AvgIpc) is 2.62. The molecule has 23 heavy (non-hydrogen) atoms. The second-order valence-electron chi connectivity index (χ2n) is 5.56. The molecule has 3 rings (SSSR count). The second-order valence-corrected chi connectivity index (χ2v) is 5.56. The minimum atomic E-state index is -1.07. The maximum Gasteiger partial charge on any atom is 0.356 e. The van der Waals surface area contributed by atoms with Crippen LogP contribution in [0.15, 0.2) is 36.4 Å². The first kappa shape index (κ1) is 15.6. The average molecular weight is 313 g/mol. The van der Waals surface area contributed by atoms with E-state index in [1.807, 2.05) is 12.1 Å². The molecule has 1 fully saturated rings. The van der Waals surface area contributed by atoms with Crippen LogP contribution in [0.3, 0.4) is 0 Å². The Morgan fingerprint density at radius 3 is 2.39 bits per heavy atom. The van der Waals surface area contributed by atoms with E-state index in [1.165, 1.54) is 11.6 Å². The summed E-state index contributed by atoms with van der Waals surface area (Å²) in [6.45, 7) is 5.67. The first-order chi connectivity index (χ1) is 11.1. The molecule has 1 aliphatic rings. The van der Waals surface area contributed by atoms with Crippen LogP contribution in [-0.2, 0) is 4.74 Å². The standard InChI is InChI=1S/C17H19N3O3/c1-12(20-8-10-23-11-9-20)13-2-4-14(5-3-13)15-6-7-16(17(21)22)19-18-15/h2-7,12H,8-11H2,1H3,(H,21,22)/t12-/m1/s1. The highest BCUT2D eigenvalue weighted by Crippen LogP contribution is 2.24. The Kier molecular flexibility index (Phi) is 4.64. The van der Waals surface area contributed by atoms with Gasteiger partial charge in [-0.25, -0.2) is 4.79 Å². The summed E-state index contributed by atoms with van der Waals surface area (Å²) in [7, 11) is 0. The van der Waals surface area contributed by atoms with Crippen LogP contribution in [0.25, 0.3) is 11.3 Å². The van der Waals surface area contributed by atoms with Crippen LogP contribution < -0.4 is 0 Å². The summed E-state index contributed by atoms with van der Waals surface area (Å²) >= 11 is 0. The number of ether oxygens (including phenoxy) is 1. The van der Waals surface area contributed by atoms with Gasteiger partial charge < -0.3 is 9.84 Å². The van der Waals surface area contributed by atoms with Crippen LogP contribution in [-0.4, -0.2) is 52.5 Å². The molecule has 120 valence electrons. The number of rotatable bonds is 4. The zero-order chi connectivity index (χ0) is 16.2. The van der Waals surface area contributed by atoms with E-state index in [9.17, 15) is 4.79 Å². The Bertz CT molecular complexity index is 664. The summed E-state index contributed by atoms with van der Waals surface area (Å²) in [4.78, 5) is 13.2. The van der Waals surface area contributed by atoms with E-state index < -0.39 is 5.97 Å². The summed E-state index contributed by atoms with van der Waals surface area (Å²) in [5, 5.41) is 16.5. The summed E-state index contributed by atoms with van der Waals surface area (Å²) in [6.07, 6.45) is 0. The van der Waals surface area contributed by atoms with E-state index in [-0.39, 0.29) is 5.69 Å². The lowest BCUT2D eigenvalue weighted by molar-refractivity contribution is 0.0198. The van der Waals surface area contributed by atoms with Gasteiger partial charge in [0.15, 0.2) is 5.69 Å². The third kappa shape index (κ3) is 3.55. The molecule has 1 aromatic heterocycles. The van der Waals surface area contributed by atoms with E-state index in [1.54, 1.807) is 6.07 Å². The predicted molar refractivity (Wildman–Crippen MR) is 85.2 cm³/mol. The van der Waals surface area contributed by atoms with Gasteiger partial charge in [0.1, 0.15) is 0 Å². The van der Waals surface area contributed by atoms with Gasteiger partial charge in [0.25, 0.3) is 0 Å². The molecule has 2 heterocycles. The third-order valence-corrected chi connectivity index (χ3v) is 4.17. The number of carboxylic acids is 1. The molecule has 6 nitrogen and oxygen atoms in total. The number of carboxylic acid groups (broad SMARTS) is 1. The lowest BCUT2D eigenvalue weighted by Gasteiger charge is -2.32.